The normalized spacial score (nSPS) is 27.4. The van der Waals surface area contributed by atoms with Crippen LogP contribution < -0.4 is 0 Å². The Balaban J connectivity index is 3.71. The van der Waals surface area contributed by atoms with Crippen LogP contribution in [0.5, 0.6) is 0 Å². The Hall–Kier alpha value is -1.59. The lowest BCUT2D eigenvalue weighted by Crippen LogP contribution is -2.62. The largest absolute Gasteiger partial charge is 0.359 e. The topological polar surface area (TPSA) is 69.7 Å². The van der Waals surface area contributed by atoms with Crippen molar-refractivity contribution in [3.63, 3.8) is 0 Å². The minimum Gasteiger partial charge on any atom is -0.359 e. The van der Waals surface area contributed by atoms with E-state index in [-0.39, 0.29) is 49.0 Å². The van der Waals surface area contributed by atoms with Crippen LogP contribution in [-0.4, -0.2) is 38.4 Å². The minimum atomic E-state index is -1.20. The van der Waals surface area contributed by atoms with Crippen LogP contribution in [0.25, 0.3) is 0 Å². The Morgan fingerprint density at radius 3 is 2.24 bits per heavy atom. The molecule has 0 aromatic heterocycles. The van der Waals surface area contributed by atoms with Gasteiger partial charge in [-0.05, 0) is 71.1 Å². The van der Waals surface area contributed by atoms with E-state index in [9.17, 15) is 14.4 Å². The fraction of sp³-hybridized carbons (Fsp3) is 0.750. The molecule has 0 heterocycles. The van der Waals surface area contributed by atoms with Crippen molar-refractivity contribution in [3.05, 3.63) is 23.3 Å². The monoisotopic (exact) mass is 462 g/mol. The van der Waals surface area contributed by atoms with Crippen molar-refractivity contribution in [1.29, 1.82) is 0 Å². The summed E-state index contributed by atoms with van der Waals surface area (Å²) in [5.74, 6) is -0.579. The van der Waals surface area contributed by atoms with Gasteiger partial charge in [0.2, 0.25) is 0 Å². The highest BCUT2D eigenvalue weighted by Gasteiger charge is 2.64. The SMILES string of the molecule is COCOC[C@@H]1C[C@@H](CC=C(C)C)C(=O)[C@](CCC=O)(C(=O)C(C)C)[C@@]1(C)CCC=C(C)C. The predicted octanol–water partition coefficient (Wildman–Crippen LogP) is 6.11. The van der Waals surface area contributed by atoms with Gasteiger partial charge in [0, 0.05) is 25.4 Å². The van der Waals surface area contributed by atoms with Gasteiger partial charge in [0.1, 0.15) is 24.6 Å². The van der Waals surface area contributed by atoms with Crippen LogP contribution in [0.1, 0.15) is 87.0 Å². The van der Waals surface area contributed by atoms with E-state index in [1.807, 2.05) is 27.7 Å². The standard InChI is InChI=1S/C28H46O5/c1-20(2)11-9-14-27(7)24(18-33-19-32-8)17-23(13-12-21(3)4)26(31)28(27,15-10-16-29)25(30)22(5)6/h11-12,16,22-24H,9-10,13-15,17-19H2,1-8H3/t23-,24+,27+,28+/m1/s1. The molecule has 0 N–H and O–H groups in total. The fourth-order valence-electron chi connectivity index (χ4n) is 5.58. The second kappa shape index (κ2) is 13.3. The predicted molar refractivity (Wildman–Crippen MR) is 133 cm³/mol. The molecule has 188 valence electrons. The first-order valence-corrected chi connectivity index (χ1v) is 12.3. The van der Waals surface area contributed by atoms with Crippen LogP contribution in [0.4, 0.5) is 0 Å². The third kappa shape index (κ3) is 6.95. The third-order valence-corrected chi connectivity index (χ3v) is 7.37. The molecule has 1 fully saturated rings. The van der Waals surface area contributed by atoms with E-state index >= 15 is 0 Å². The molecule has 0 spiro atoms. The molecular weight excluding hydrogens is 416 g/mol. The molecule has 0 bridgehead atoms. The Morgan fingerprint density at radius 2 is 1.73 bits per heavy atom. The van der Waals surface area contributed by atoms with E-state index in [1.165, 1.54) is 5.57 Å². The Kier molecular flexibility index (Phi) is 11.9. The van der Waals surface area contributed by atoms with E-state index in [1.54, 1.807) is 7.11 Å². The highest BCUT2D eigenvalue weighted by atomic mass is 16.7. The fourth-order valence-corrected chi connectivity index (χ4v) is 5.58. The molecule has 0 amide bonds. The zero-order valence-electron chi connectivity index (χ0n) is 22.2. The van der Waals surface area contributed by atoms with Gasteiger partial charge in [-0.25, -0.2) is 0 Å². The van der Waals surface area contributed by atoms with Crippen LogP contribution in [0, 0.1) is 28.6 Å². The van der Waals surface area contributed by atoms with Crippen molar-refractivity contribution in [2.75, 3.05) is 20.5 Å². The zero-order chi connectivity index (χ0) is 25.2. The lowest BCUT2D eigenvalue weighted by atomic mass is 9.44. The summed E-state index contributed by atoms with van der Waals surface area (Å²) in [7, 11) is 1.59. The number of aldehydes is 1. The maximum Gasteiger partial charge on any atom is 0.150 e. The van der Waals surface area contributed by atoms with Crippen molar-refractivity contribution in [1.82, 2.24) is 0 Å². The number of ether oxygens (including phenoxy) is 2. The summed E-state index contributed by atoms with van der Waals surface area (Å²) in [4.78, 5) is 39.7. The third-order valence-electron chi connectivity index (χ3n) is 7.37. The number of rotatable bonds is 14. The van der Waals surface area contributed by atoms with E-state index in [0.717, 1.165) is 18.3 Å². The summed E-state index contributed by atoms with van der Waals surface area (Å²) in [5, 5.41) is 0. The average Bonchev–Trinajstić information content (AvgIpc) is 2.74. The number of hydrogen-bond acceptors (Lipinski definition) is 5. The van der Waals surface area contributed by atoms with E-state index in [2.05, 4.69) is 32.9 Å². The molecule has 1 aliphatic carbocycles. The summed E-state index contributed by atoms with van der Waals surface area (Å²) in [6.07, 6.45) is 8.32. The average molecular weight is 463 g/mol. The van der Waals surface area contributed by atoms with Crippen molar-refractivity contribution in [3.8, 4) is 0 Å². The van der Waals surface area contributed by atoms with Crippen LogP contribution in [0.2, 0.25) is 0 Å². The quantitative estimate of drug-likeness (QED) is 0.102. The smallest absolute Gasteiger partial charge is 0.150 e. The minimum absolute atomic E-state index is 0.000765. The molecule has 0 aromatic rings. The highest BCUT2D eigenvalue weighted by Crippen LogP contribution is 2.60. The lowest BCUT2D eigenvalue weighted by molar-refractivity contribution is -0.174. The molecule has 1 rings (SSSR count). The molecule has 1 saturated carbocycles. The zero-order valence-corrected chi connectivity index (χ0v) is 22.2. The maximum absolute atomic E-state index is 14.3. The number of ketones is 2. The van der Waals surface area contributed by atoms with E-state index < -0.39 is 10.8 Å². The van der Waals surface area contributed by atoms with Gasteiger partial charge >= 0.3 is 0 Å². The molecule has 0 aromatic carbocycles. The summed E-state index contributed by atoms with van der Waals surface area (Å²) >= 11 is 0. The first kappa shape index (κ1) is 29.4. The van der Waals surface area contributed by atoms with Crippen LogP contribution in [0.3, 0.4) is 0 Å². The molecule has 4 atom stereocenters. The van der Waals surface area contributed by atoms with Gasteiger partial charge in [0.05, 0.1) is 12.0 Å². The molecule has 0 saturated heterocycles. The number of allylic oxidation sites excluding steroid dienone is 4. The number of carbonyl (C=O) groups excluding carboxylic acids is 3. The first-order chi connectivity index (χ1) is 15.5. The van der Waals surface area contributed by atoms with Gasteiger partial charge in [0.15, 0.2) is 0 Å². The number of hydrogen-bond donors (Lipinski definition) is 0. The number of carbonyl (C=O) groups is 3. The van der Waals surface area contributed by atoms with Crippen molar-refractivity contribution >= 4 is 17.9 Å². The second-order valence-corrected chi connectivity index (χ2v) is 10.7. The molecule has 33 heavy (non-hydrogen) atoms. The van der Waals surface area contributed by atoms with Gasteiger partial charge in [-0.2, -0.15) is 0 Å². The first-order valence-electron chi connectivity index (χ1n) is 12.3. The van der Waals surface area contributed by atoms with Gasteiger partial charge in [-0.1, -0.05) is 44.1 Å². The molecule has 0 aliphatic heterocycles. The summed E-state index contributed by atoms with van der Waals surface area (Å²) in [6.45, 7) is 14.6. The van der Waals surface area contributed by atoms with Gasteiger partial charge < -0.3 is 14.3 Å². The van der Waals surface area contributed by atoms with Crippen LogP contribution in [0.15, 0.2) is 23.3 Å². The molecule has 5 heteroatoms. The van der Waals surface area contributed by atoms with E-state index in [4.69, 9.17) is 9.47 Å². The Bertz CT molecular complexity index is 727. The van der Waals surface area contributed by atoms with E-state index in [0.29, 0.717) is 25.9 Å². The summed E-state index contributed by atoms with van der Waals surface area (Å²) < 4.78 is 11.0. The Labute approximate surface area is 201 Å². The summed E-state index contributed by atoms with van der Waals surface area (Å²) in [5.41, 5.74) is 0.552. The number of methoxy groups -OCH3 is 1. The van der Waals surface area contributed by atoms with Crippen molar-refractivity contribution in [2.45, 2.75) is 87.0 Å². The Morgan fingerprint density at radius 1 is 1.09 bits per heavy atom. The van der Waals surface area contributed by atoms with Gasteiger partial charge in [-0.15, -0.1) is 0 Å². The van der Waals surface area contributed by atoms with Gasteiger partial charge in [0.25, 0.3) is 0 Å². The molecule has 0 unspecified atom stereocenters. The lowest BCUT2D eigenvalue weighted by Gasteiger charge is -2.57. The molecule has 0 radical (unpaired) electrons. The highest BCUT2D eigenvalue weighted by molar-refractivity contribution is 6.10. The summed E-state index contributed by atoms with van der Waals surface area (Å²) in [6, 6.07) is 0. The van der Waals surface area contributed by atoms with Crippen molar-refractivity contribution in [2.24, 2.45) is 28.6 Å². The number of Topliss-reactive ketones (excluding diaryl/α,β-unsaturated/α-hetero) is 2. The molecule has 5 nitrogen and oxygen atoms in total. The maximum atomic E-state index is 14.3. The molecular formula is C28H46O5. The van der Waals surface area contributed by atoms with Crippen LogP contribution >= 0.6 is 0 Å². The van der Waals surface area contributed by atoms with Crippen LogP contribution in [-0.2, 0) is 23.9 Å². The molecule has 1 aliphatic rings. The van der Waals surface area contributed by atoms with Crippen molar-refractivity contribution < 1.29 is 23.9 Å². The van der Waals surface area contributed by atoms with Gasteiger partial charge in [-0.3, -0.25) is 9.59 Å². The second-order valence-electron chi connectivity index (χ2n) is 10.7.